The molecule has 0 aliphatic carbocycles. The third-order valence-corrected chi connectivity index (χ3v) is 7.72. The number of fused-ring (bicyclic) bond motifs is 2. The van der Waals surface area contributed by atoms with E-state index in [0.717, 1.165) is 60.0 Å². The van der Waals surface area contributed by atoms with Crippen LogP contribution in [-0.4, -0.2) is 84.2 Å². The van der Waals surface area contributed by atoms with Crippen LogP contribution in [0.4, 0.5) is 5.69 Å². The van der Waals surface area contributed by atoms with Gasteiger partial charge in [-0.2, -0.15) is 4.99 Å². The molecular formula is C29H32N7O2+. The molecular weight excluding hydrogens is 478 g/mol. The number of hydrogen-bond acceptors (Lipinski definition) is 6. The number of aryl methyl sites for hydroxylation is 1. The van der Waals surface area contributed by atoms with Crippen LogP contribution in [0.2, 0.25) is 0 Å². The maximum Gasteiger partial charge on any atom is 0.272 e. The topological polar surface area (TPSA) is 74.5 Å². The number of ether oxygens (including phenoxy) is 1. The van der Waals surface area contributed by atoms with Gasteiger partial charge in [0.2, 0.25) is 11.5 Å². The molecule has 1 atom stereocenters. The van der Waals surface area contributed by atoms with E-state index in [1.165, 1.54) is 0 Å². The molecule has 1 saturated heterocycles. The van der Waals surface area contributed by atoms with Crippen LogP contribution in [0.15, 0.2) is 82.4 Å². The maximum atomic E-state index is 13.2. The van der Waals surface area contributed by atoms with Crippen LogP contribution >= 0.6 is 0 Å². The Hall–Kier alpha value is -4.21. The van der Waals surface area contributed by atoms with Gasteiger partial charge in [-0.3, -0.25) is 9.79 Å². The van der Waals surface area contributed by atoms with Crippen molar-refractivity contribution in [3.8, 4) is 5.75 Å². The predicted octanol–water partition coefficient (Wildman–Crippen LogP) is 3.62. The number of aliphatic imine (C=N–C) groups is 2. The number of nitrogens with one attached hydrogen (secondary N) is 1. The molecule has 0 spiro atoms. The molecule has 1 unspecified atom stereocenters. The van der Waals surface area contributed by atoms with E-state index < -0.39 is 0 Å². The summed E-state index contributed by atoms with van der Waals surface area (Å²) in [6, 6.07) is 15.7. The summed E-state index contributed by atoms with van der Waals surface area (Å²) in [6.45, 7) is 3.84. The molecule has 2 aromatic carbocycles. The molecule has 3 aliphatic heterocycles. The summed E-state index contributed by atoms with van der Waals surface area (Å²) in [6.07, 6.45) is 5.79. The Balaban J connectivity index is 1.31. The molecule has 1 fully saturated rings. The number of quaternary nitrogens is 1. The van der Waals surface area contributed by atoms with E-state index in [9.17, 15) is 4.79 Å². The molecule has 194 valence electrons. The number of carbonyl (C=O) groups is 1. The van der Waals surface area contributed by atoms with Crippen LogP contribution in [0.1, 0.15) is 16.1 Å². The van der Waals surface area contributed by atoms with Gasteiger partial charge in [0.05, 0.1) is 37.8 Å². The second-order valence-corrected chi connectivity index (χ2v) is 10.1. The lowest BCUT2D eigenvalue weighted by Gasteiger charge is -2.33. The van der Waals surface area contributed by atoms with Gasteiger partial charge in [-0.1, -0.05) is 18.2 Å². The van der Waals surface area contributed by atoms with Crippen molar-refractivity contribution in [3.63, 3.8) is 0 Å². The van der Waals surface area contributed by atoms with Gasteiger partial charge < -0.3 is 24.4 Å². The van der Waals surface area contributed by atoms with Gasteiger partial charge >= 0.3 is 0 Å². The standard InChI is InChI=1S/C29H31N7O2/c1-33-12-14-35(15-13-33)27-25-19-30-11-16-36(25,3)28(32-27)21-9-10-22(26(18-21)38-4)31-29(37)24-17-20-7-5-6-8-23(20)34(24)2/h5-11,16-19H,12-15H2,1-4H3/p+1. The van der Waals surface area contributed by atoms with Crippen molar-refractivity contribution in [2.45, 2.75) is 0 Å². The van der Waals surface area contributed by atoms with E-state index in [2.05, 4.69) is 40.4 Å². The largest absolute Gasteiger partial charge is 0.495 e. The second-order valence-electron chi connectivity index (χ2n) is 10.1. The Kier molecular flexibility index (Phi) is 5.89. The minimum absolute atomic E-state index is 0.191. The molecule has 3 aromatic rings. The quantitative estimate of drug-likeness (QED) is 0.532. The molecule has 1 N–H and O–H groups in total. The van der Waals surface area contributed by atoms with E-state index >= 15 is 0 Å². The zero-order valence-electron chi connectivity index (χ0n) is 22.2. The first-order valence-corrected chi connectivity index (χ1v) is 12.8. The molecule has 1 aromatic heterocycles. The number of carbonyl (C=O) groups excluding carboxylic acids is 1. The van der Waals surface area contributed by atoms with E-state index in [0.29, 0.717) is 21.6 Å². The number of aromatic nitrogens is 1. The van der Waals surface area contributed by atoms with Gasteiger partial charge in [0.25, 0.3) is 5.91 Å². The molecule has 3 aliphatic rings. The lowest BCUT2D eigenvalue weighted by atomic mass is 10.1. The highest BCUT2D eigenvalue weighted by Gasteiger charge is 2.44. The number of hydrogen-bond donors (Lipinski definition) is 1. The molecule has 0 bridgehead atoms. The Bertz CT molecular complexity index is 1560. The number of methoxy groups -OCH3 is 1. The monoisotopic (exact) mass is 510 g/mol. The van der Waals surface area contributed by atoms with Crippen LogP contribution in [0.25, 0.3) is 10.9 Å². The maximum absolute atomic E-state index is 13.2. The highest BCUT2D eigenvalue weighted by Crippen LogP contribution is 2.36. The molecule has 4 heterocycles. The van der Waals surface area contributed by atoms with Crippen LogP contribution in [0, 0.1) is 0 Å². The van der Waals surface area contributed by atoms with E-state index in [1.807, 2.05) is 72.6 Å². The third kappa shape index (κ3) is 3.91. The van der Waals surface area contributed by atoms with Gasteiger partial charge in [-0.05, 0) is 37.4 Å². The average Bonchev–Trinajstić information content (AvgIpc) is 3.44. The molecule has 9 heteroatoms. The zero-order chi connectivity index (χ0) is 26.4. The molecule has 0 saturated carbocycles. The van der Waals surface area contributed by atoms with Crippen molar-refractivity contribution in [1.29, 1.82) is 0 Å². The van der Waals surface area contributed by atoms with Crippen LogP contribution in [-0.2, 0) is 7.05 Å². The summed E-state index contributed by atoms with van der Waals surface area (Å²) in [4.78, 5) is 27.5. The minimum Gasteiger partial charge on any atom is -0.495 e. The van der Waals surface area contributed by atoms with Crippen molar-refractivity contribution in [1.82, 2.24) is 14.4 Å². The highest BCUT2D eigenvalue weighted by atomic mass is 16.5. The summed E-state index contributed by atoms with van der Waals surface area (Å²) in [5.41, 5.74) is 4.18. The van der Waals surface area contributed by atoms with Crippen molar-refractivity contribution in [2.24, 2.45) is 17.0 Å². The second kappa shape index (κ2) is 9.27. The summed E-state index contributed by atoms with van der Waals surface area (Å²) >= 11 is 0. The van der Waals surface area contributed by atoms with Crippen molar-refractivity contribution in [2.75, 3.05) is 52.7 Å². The van der Waals surface area contributed by atoms with Gasteiger partial charge in [0.1, 0.15) is 17.6 Å². The zero-order valence-corrected chi connectivity index (χ0v) is 22.2. The number of likely N-dealkylation sites (N-methyl/N-ethyl adjacent to an activating group) is 1. The van der Waals surface area contributed by atoms with Gasteiger partial charge in [-0.25, -0.2) is 4.48 Å². The number of rotatable bonds is 5. The Morgan fingerprint density at radius 2 is 1.84 bits per heavy atom. The molecule has 1 amide bonds. The van der Waals surface area contributed by atoms with E-state index in [-0.39, 0.29) is 5.91 Å². The third-order valence-electron chi connectivity index (χ3n) is 7.72. The summed E-state index contributed by atoms with van der Waals surface area (Å²) in [5, 5.41) is 4.06. The van der Waals surface area contributed by atoms with Gasteiger partial charge in [-0.15, -0.1) is 0 Å². The number of amidine groups is 1. The fourth-order valence-corrected chi connectivity index (χ4v) is 5.41. The van der Waals surface area contributed by atoms with Crippen LogP contribution < -0.4 is 10.1 Å². The van der Waals surface area contributed by atoms with Gasteiger partial charge in [0.15, 0.2) is 5.82 Å². The molecule has 9 nitrogen and oxygen atoms in total. The smallest absolute Gasteiger partial charge is 0.272 e. The SMILES string of the molecule is COc1cc(C2=NC(N3CCN(C)CC3)=C3C=NC=C[N+]23C)ccc1NC(=O)c1cc2ccccc2n1C. The summed E-state index contributed by atoms with van der Waals surface area (Å²) in [5.74, 6) is 2.24. The lowest BCUT2D eigenvalue weighted by Crippen LogP contribution is -2.45. The number of amides is 1. The first kappa shape index (κ1) is 24.1. The van der Waals surface area contributed by atoms with E-state index in [4.69, 9.17) is 9.73 Å². The number of anilines is 1. The summed E-state index contributed by atoms with van der Waals surface area (Å²) < 4.78 is 8.07. The minimum atomic E-state index is -0.191. The van der Waals surface area contributed by atoms with Crippen molar-refractivity contribution in [3.05, 3.63) is 83.7 Å². The lowest BCUT2D eigenvalue weighted by molar-refractivity contribution is -0.713. The van der Waals surface area contributed by atoms with Crippen molar-refractivity contribution < 1.29 is 14.0 Å². The molecule has 38 heavy (non-hydrogen) atoms. The summed E-state index contributed by atoms with van der Waals surface area (Å²) in [7, 11) is 7.79. The Labute approximate surface area is 222 Å². The van der Waals surface area contributed by atoms with Crippen LogP contribution in [0.3, 0.4) is 0 Å². The van der Waals surface area contributed by atoms with Gasteiger partial charge in [0, 0.05) is 44.1 Å². The predicted molar refractivity (Wildman–Crippen MR) is 150 cm³/mol. The first-order chi connectivity index (χ1) is 18.4. The normalized spacial score (nSPS) is 21.2. The number of para-hydroxylation sites is 1. The Morgan fingerprint density at radius 1 is 1.05 bits per heavy atom. The first-order valence-electron chi connectivity index (χ1n) is 12.8. The van der Waals surface area contributed by atoms with Crippen LogP contribution in [0.5, 0.6) is 5.75 Å². The fraction of sp³-hybridized carbons (Fsp3) is 0.276. The molecule has 0 radical (unpaired) electrons. The number of nitrogens with zero attached hydrogens (tertiary/aromatic N) is 6. The number of allylic oxidation sites excluding steroid dienone is 1. The number of benzene rings is 2. The van der Waals surface area contributed by atoms with Crippen molar-refractivity contribution >= 4 is 34.5 Å². The fourth-order valence-electron chi connectivity index (χ4n) is 5.41. The average molecular weight is 511 g/mol. The molecule has 6 rings (SSSR count). The van der Waals surface area contributed by atoms with E-state index in [1.54, 1.807) is 7.11 Å². The highest BCUT2D eigenvalue weighted by molar-refractivity contribution is 6.07. The Morgan fingerprint density at radius 3 is 2.61 bits per heavy atom. The number of piperazine rings is 1.